The van der Waals surface area contributed by atoms with Gasteiger partial charge in [0.15, 0.2) is 5.11 Å². The van der Waals surface area contributed by atoms with Gasteiger partial charge in [0.25, 0.3) is 0 Å². The van der Waals surface area contributed by atoms with Gasteiger partial charge in [-0.25, -0.2) is 4.39 Å². The minimum atomic E-state index is -0.242. The molecule has 0 bridgehead atoms. The van der Waals surface area contributed by atoms with Crippen LogP contribution in [-0.2, 0) is 6.54 Å². The van der Waals surface area contributed by atoms with Crippen molar-refractivity contribution in [2.45, 2.75) is 13.5 Å². The number of benzene rings is 2. The lowest BCUT2D eigenvalue weighted by Gasteiger charge is -2.09. The fraction of sp³-hybridized carbons (Fsp3) is 0.111. The molecule has 3 rings (SSSR count). The van der Waals surface area contributed by atoms with E-state index in [1.807, 2.05) is 37.4 Å². The summed E-state index contributed by atoms with van der Waals surface area (Å²) in [5.41, 5.74) is 3.87. The van der Waals surface area contributed by atoms with E-state index in [9.17, 15) is 4.39 Å². The molecule has 0 fully saturated rings. The van der Waals surface area contributed by atoms with Crippen molar-refractivity contribution < 1.29 is 4.39 Å². The lowest BCUT2D eigenvalue weighted by molar-refractivity contribution is 0.624. The molecule has 2 aromatic carbocycles. The molecule has 4 nitrogen and oxygen atoms in total. The van der Waals surface area contributed by atoms with Crippen LogP contribution in [-0.4, -0.2) is 14.9 Å². The molecule has 0 spiro atoms. The van der Waals surface area contributed by atoms with Crippen molar-refractivity contribution in [3.05, 3.63) is 77.9 Å². The molecule has 6 heteroatoms. The molecule has 0 atom stereocenters. The van der Waals surface area contributed by atoms with Crippen molar-refractivity contribution in [2.75, 3.05) is 10.6 Å². The van der Waals surface area contributed by atoms with Crippen molar-refractivity contribution in [2.24, 2.45) is 0 Å². The molecule has 0 saturated heterocycles. The minimum Gasteiger partial charge on any atom is -0.332 e. The lowest BCUT2D eigenvalue weighted by atomic mass is 10.2. The predicted octanol–water partition coefficient (Wildman–Crippen LogP) is 4.19. The van der Waals surface area contributed by atoms with Crippen LogP contribution in [0, 0.1) is 12.7 Å². The third-order valence-electron chi connectivity index (χ3n) is 3.42. The average Bonchev–Trinajstić information content (AvgIpc) is 2.96. The number of thiocarbonyl (C=S) groups is 1. The Morgan fingerprint density at radius 1 is 1.12 bits per heavy atom. The van der Waals surface area contributed by atoms with E-state index in [0.717, 1.165) is 22.5 Å². The Morgan fingerprint density at radius 3 is 2.62 bits per heavy atom. The van der Waals surface area contributed by atoms with E-state index < -0.39 is 0 Å². The number of anilines is 2. The third-order valence-corrected chi connectivity index (χ3v) is 3.63. The Balaban J connectivity index is 1.59. The second-order valence-electron chi connectivity index (χ2n) is 5.50. The first-order valence-corrected chi connectivity index (χ1v) is 7.91. The maximum atomic E-state index is 12.9. The zero-order valence-corrected chi connectivity index (χ0v) is 14.0. The van der Waals surface area contributed by atoms with Gasteiger partial charge in [-0.05, 0) is 54.5 Å². The molecule has 1 heterocycles. The first-order chi connectivity index (χ1) is 11.6. The smallest absolute Gasteiger partial charge is 0.175 e. The Kier molecular flexibility index (Phi) is 4.86. The number of aryl methyl sites for hydroxylation is 1. The van der Waals surface area contributed by atoms with Gasteiger partial charge in [0.2, 0.25) is 0 Å². The lowest BCUT2D eigenvalue weighted by Crippen LogP contribution is -2.18. The number of hydrogen-bond acceptors (Lipinski definition) is 2. The highest BCUT2D eigenvalue weighted by molar-refractivity contribution is 7.80. The summed E-state index contributed by atoms with van der Waals surface area (Å²) in [7, 11) is 0. The van der Waals surface area contributed by atoms with E-state index in [0.29, 0.717) is 11.7 Å². The Hall–Kier alpha value is -2.73. The van der Waals surface area contributed by atoms with Crippen LogP contribution in [0.1, 0.15) is 11.1 Å². The zero-order valence-electron chi connectivity index (χ0n) is 13.2. The van der Waals surface area contributed by atoms with Gasteiger partial charge in [-0.2, -0.15) is 5.10 Å². The van der Waals surface area contributed by atoms with E-state index in [1.54, 1.807) is 23.0 Å². The largest absolute Gasteiger partial charge is 0.332 e. The van der Waals surface area contributed by atoms with Crippen LogP contribution in [0.25, 0.3) is 0 Å². The van der Waals surface area contributed by atoms with Gasteiger partial charge in [-0.15, -0.1) is 0 Å². The third kappa shape index (κ3) is 4.39. The van der Waals surface area contributed by atoms with Gasteiger partial charge >= 0.3 is 0 Å². The SMILES string of the molecule is Cc1cccc(NC(=S)Nc2cnn(Cc3ccc(F)cc3)c2)c1. The van der Waals surface area contributed by atoms with Crippen LogP contribution in [0.2, 0.25) is 0 Å². The molecule has 0 aliphatic carbocycles. The summed E-state index contributed by atoms with van der Waals surface area (Å²) in [6.45, 7) is 2.60. The van der Waals surface area contributed by atoms with Gasteiger partial charge in [0, 0.05) is 11.9 Å². The molecule has 0 aliphatic heterocycles. The Morgan fingerprint density at radius 2 is 1.88 bits per heavy atom. The van der Waals surface area contributed by atoms with Crippen molar-refractivity contribution in [3.63, 3.8) is 0 Å². The van der Waals surface area contributed by atoms with E-state index in [1.165, 1.54) is 12.1 Å². The van der Waals surface area contributed by atoms with Crippen LogP contribution in [0.5, 0.6) is 0 Å². The van der Waals surface area contributed by atoms with Crippen molar-refractivity contribution in [3.8, 4) is 0 Å². The molecular formula is C18H17FN4S. The second kappa shape index (κ2) is 7.23. The maximum absolute atomic E-state index is 12.9. The summed E-state index contributed by atoms with van der Waals surface area (Å²) >= 11 is 5.31. The molecule has 3 aromatic rings. The minimum absolute atomic E-state index is 0.242. The molecule has 0 radical (unpaired) electrons. The van der Waals surface area contributed by atoms with Gasteiger partial charge < -0.3 is 10.6 Å². The summed E-state index contributed by atoms with van der Waals surface area (Å²) in [6, 6.07) is 14.4. The Bertz CT molecular complexity index is 842. The number of rotatable bonds is 4. The molecule has 2 N–H and O–H groups in total. The number of aromatic nitrogens is 2. The topological polar surface area (TPSA) is 41.9 Å². The molecule has 1 aromatic heterocycles. The summed E-state index contributed by atoms with van der Waals surface area (Å²) in [6.07, 6.45) is 3.56. The van der Waals surface area contributed by atoms with Crippen molar-refractivity contribution in [1.82, 2.24) is 9.78 Å². The summed E-state index contributed by atoms with van der Waals surface area (Å²) in [4.78, 5) is 0. The number of hydrogen-bond donors (Lipinski definition) is 2. The normalized spacial score (nSPS) is 10.4. The van der Waals surface area contributed by atoms with Gasteiger partial charge in [-0.3, -0.25) is 4.68 Å². The van der Waals surface area contributed by atoms with Gasteiger partial charge in [0.1, 0.15) is 5.82 Å². The monoisotopic (exact) mass is 340 g/mol. The number of nitrogens with one attached hydrogen (secondary N) is 2. The van der Waals surface area contributed by atoms with Crippen LogP contribution in [0.15, 0.2) is 60.9 Å². The van der Waals surface area contributed by atoms with Crippen LogP contribution < -0.4 is 10.6 Å². The fourth-order valence-corrected chi connectivity index (χ4v) is 2.54. The number of nitrogens with zero attached hydrogens (tertiary/aromatic N) is 2. The first-order valence-electron chi connectivity index (χ1n) is 7.50. The standard InChI is InChI=1S/C18H17FN4S/c1-13-3-2-4-16(9-13)21-18(24)22-17-10-20-23(12-17)11-14-5-7-15(19)8-6-14/h2-10,12H,11H2,1H3,(H2,21,22,24). The molecule has 0 saturated carbocycles. The van der Waals surface area contributed by atoms with Gasteiger partial charge in [0.05, 0.1) is 18.4 Å². The highest BCUT2D eigenvalue weighted by Crippen LogP contribution is 2.12. The van der Waals surface area contributed by atoms with Crippen LogP contribution in [0.3, 0.4) is 0 Å². The molecule has 0 aliphatic rings. The van der Waals surface area contributed by atoms with E-state index in [2.05, 4.69) is 15.7 Å². The quantitative estimate of drug-likeness (QED) is 0.699. The highest BCUT2D eigenvalue weighted by atomic mass is 32.1. The average molecular weight is 340 g/mol. The highest BCUT2D eigenvalue weighted by Gasteiger charge is 2.03. The summed E-state index contributed by atoms with van der Waals surface area (Å²) in [5.74, 6) is -0.242. The van der Waals surface area contributed by atoms with Crippen LogP contribution in [0.4, 0.5) is 15.8 Å². The summed E-state index contributed by atoms with van der Waals surface area (Å²) in [5, 5.41) is 11.0. The number of halogens is 1. The van der Waals surface area contributed by atoms with E-state index in [4.69, 9.17) is 12.2 Å². The van der Waals surface area contributed by atoms with Gasteiger partial charge in [-0.1, -0.05) is 24.3 Å². The van der Waals surface area contributed by atoms with E-state index in [-0.39, 0.29) is 5.82 Å². The summed E-state index contributed by atoms with van der Waals surface area (Å²) < 4.78 is 14.7. The molecule has 0 unspecified atom stereocenters. The molecular weight excluding hydrogens is 323 g/mol. The molecule has 0 amide bonds. The molecule has 24 heavy (non-hydrogen) atoms. The fourth-order valence-electron chi connectivity index (χ4n) is 2.31. The zero-order chi connectivity index (χ0) is 16.9. The maximum Gasteiger partial charge on any atom is 0.175 e. The van der Waals surface area contributed by atoms with E-state index >= 15 is 0 Å². The van der Waals surface area contributed by atoms with Crippen LogP contribution >= 0.6 is 12.2 Å². The Labute approximate surface area is 145 Å². The van der Waals surface area contributed by atoms with Crippen molar-refractivity contribution >= 4 is 28.7 Å². The van der Waals surface area contributed by atoms with Crippen molar-refractivity contribution in [1.29, 1.82) is 0 Å². The molecule has 122 valence electrons. The first kappa shape index (κ1) is 16.1. The second-order valence-corrected chi connectivity index (χ2v) is 5.91. The predicted molar refractivity (Wildman–Crippen MR) is 98.8 cm³/mol.